The minimum absolute atomic E-state index is 0.0354. The van der Waals surface area contributed by atoms with Crippen LogP contribution in [0.2, 0.25) is 55.2 Å². The highest BCUT2D eigenvalue weighted by Gasteiger charge is 2.42. The van der Waals surface area contributed by atoms with Crippen LogP contribution >= 0.6 is 128 Å². The first-order chi connectivity index (χ1) is 66.5. The molecule has 0 saturated carbocycles. The molecule has 0 aliphatic carbocycles. The fourth-order valence-electron chi connectivity index (χ4n) is 18.7. The summed E-state index contributed by atoms with van der Waals surface area (Å²) in [6.45, 7) is 40.3. The lowest BCUT2D eigenvalue weighted by molar-refractivity contribution is -0.131. The van der Waals surface area contributed by atoms with Crippen LogP contribution in [0.25, 0.3) is 83.9 Å². The largest absolute Gasteiger partial charge is 0.504 e. The molecule has 15 rings (SSSR count). The molecule has 0 spiro atoms. The van der Waals surface area contributed by atoms with Crippen molar-refractivity contribution in [2.45, 2.75) is 158 Å². The van der Waals surface area contributed by atoms with E-state index in [1.807, 2.05) is 97.8 Å². The van der Waals surface area contributed by atoms with Crippen LogP contribution in [-0.2, 0) is 14.4 Å². The Kier molecular flexibility index (Phi) is 31.6. The highest BCUT2D eigenvalue weighted by atomic mass is 35.5. The van der Waals surface area contributed by atoms with Gasteiger partial charge in [-0.05, 0) is 151 Å². The number of aryl methyl sites for hydroxylation is 3. The number of carbonyl (C=O) groups is 3. The Bertz CT molecular complexity index is 6870. The molecule has 3 aliphatic rings. The van der Waals surface area contributed by atoms with Gasteiger partial charge in [-0.2, -0.15) is 15.8 Å². The van der Waals surface area contributed by atoms with Crippen molar-refractivity contribution in [3.63, 3.8) is 0 Å². The van der Waals surface area contributed by atoms with Crippen LogP contribution in [0.3, 0.4) is 0 Å². The molecule has 3 amide bonds. The van der Waals surface area contributed by atoms with Gasteiger partial charge < -0.3 is 44.7 Å². The van der Waals surface area contributed by atoms with E-state index in [-0.39, 0.29) is 230 Å². The SMILES string of the molecule is C=CC(=O)N1[C@H](C)CN(c2c(C#N)c(=O)n(-c3c(C)ccnc3C(C)C)c3nc(-c4c(O)c(F)c(Cl)c(Cl)c4Cl)c(Cl)cc23)C[C@@H]1C.C=CC(=O)N1[C@H](C)CN(c2c(C#N)c(=O)n(-c3c(C)ccnc3C(C)C)c3nc(-c4c(O)c(F)c(Cl)c(Cl)c4Cl)c(Cl)cc23)C[C@@H]1C.C=CC(=O)N1[C@H](C)CN(c2c(C#N)c(=O)n(-c3c(C)ccnc3C(C)C)c3nc(-c4c(O)c(F)c(Cl)c(F)c4Cl)c(Cl)cc23)C[C@@H]1C. The Morgan fingerprint density at radius 2 is 0.617 bits per heavy atom. The first-order valence-electron chi connectivity index (χ1n) is 43.7. The highest BCUT2D eigenvalue weighted by molar-refractivity contribution is 6.51. The maximum absolute atomic E-state index is 15.0. The molecule has 3 aromatic carbocycles. The Balaban J connectivity index is 0.000000178. The van der Waals surface area contributed by atoms with Gasteiger partial charge in [0.2, 0.25) is 17.7 Å². The molecule has 6 atom stereocenters. The third kappa shape index (κ3) is 18.7. The van der Waals surface area contributed by atoms with Gasteiger partial charge >= 0.3 is 0 Å². The van der Waals surface area contributed by atoms with Crippen molar-refractivity contribution in [1.82, 2.24) is 58.3 Å². The van der Waals surface area contributed by atoms with Crippen LogP contribution in [0, 0.1) is 78.0 Å². The maximum atomic E-state index is 15.0. The second kappa shape index (κ2) is 41.9. The summed E-state index contributed by atoms with van der Waals surface area (Å²) in [6.07, 6.45) is 8.58. The fraction of sp³-hybridized carbons (Fsp3) is 0.303. The van der Waals surface area contributed by atoms with Gasteiger partial charge in [-0.15, -0.1) is 0 Å². The van der Waals surface area contributed by atoms with E-state index in [1.165, 1.54) is 50.1 Å². The fourth-order valence-corrected chi connectivity index (χ4v) is 21.3. The number of hydrogen-bond acceptors (Lipinski definition) is 21. The zero-order chi connectivity index (χ0) is 104. The molecule has 0 bridgehead atoms. The van der Waals surface area contributed by atoms with Gasteiger partial charge in [0, 0.05) is 110 Å². The molecule has 42 heteroatoms. The van der Waals surface area contributed by atoms with Crippen LogP contribution in [0.4, 0.5) is 34.6 Å². The van der Waals surface area contributed by atoms with Crippen molar-refractivity contribution in [2.75, 3.05) is 54.0 Å². The predicted octanol–water partition coefficient (Wildman–Crippen LogP) is 22.9. The number of piperazine rings is 3. The number of rotatable bonds is 15. The number of halogens is 15. The molecule has 732 valence electrons. The van der Waals surface area contributed by atoms with Gasteiger partial charge in [0.1, 0.15) is 66.9 Å². The first-order valence-corrected chi connectivity index (χ1v) is 47.8. The molecule has 9 aromatic heterocycles. The van der Waals surface area contributed by atoms with Gasteiger partial charge in [-0.1, -0.05) is 189 Å². The monoisotopic (exact) mass is 2130 g/mol. The smallest absolute Gasteiger partial charge is 0.276 e. The number of nitriles is 3. The number of fused-ring (bicyclic) bond motifs is 3. The summed E-state index contributed by atoms with van der Waals surface area (Å²) < 4.78 is 63.7. The van der Waals surface area contributed by atoms with E-state index in [2.05, 4.69) is 57.9 Å². The number of nitrogens with zero attached hydrogens (tertiary/aromatic N) is 18. The first kappa shape index (κ1) is 106. The normalized spacial score (nSPS) is 16.6. The lowest BCUT2D eigenvalue weighted by atomic mass is 10.0. The summed E-state index contributed by atoms with van der Waals surface area (Å²) in [7, 11) is 0. The molecule has 27 nitrogen and oxygen atoms in total. The second-order valence-electron chi connectivity index (χ2n) is 35.1. The number of aromatic nitrogens is 9. The molecular formula is C99H87Cl11F4N18O9. The maximum Gasteiger partial charge on any atom is 0.276 e. The van der Waals surface area contributed by atoms with E-state index in [9.17, 15) is 68.7 Å². The molecule has 3 aliphatic heterocycles. The van der Waals surface area contributed by atoms with Crippen LogP contribution in [0.15, 0.2) is 107 Å². The Labute approximate surface area is 861 Å². The molecule has 12 aromatic rings. The number of pyridine rings is 9. The van der Waals surface area contributed by atoms with Crippen molar-refractivity contribution in [3.8, 4) is 86.3 Å². The minimum Gasteiger partial charge on any atom is -0.504 e. The summed E-state index contributed by atoms with van der Waals surface area (Å²) >= 11 is 69.7. The van der Waals surface area contributed by atoms with Gasteiger partial charge in [0.05, 0.1) is 125 Å². The number of phenols is 3. The highest BCUT2D eigenvalue weighted by Crippen LogP contribution is 2.53. The van der Waals surface area contributed by atoms with Crippen molar-refractivity contribution in [2.24, 2.45) is 0 Å². The molecule has 3 N–H and O–H groups in total. The minimum atomic E-state index is -1.47. The number of anilines is 3. The van der Waals surface area contributed by atoms with E-state index in [4.69, 9.17) is 138 Å². The number of hydrogen-bond donors (Lipinski definition) is 3. The predicted molar refractivity (Wildman–Crippen MR) is 547 cm³/mol. The quantitative estimate of drug-likeness (QED) is 0.0371. The van der Waals surface area contributed by atoms with Crippen molar-refractivity contribution < 1.29 is 47.3 Å². The van der Waals surface area contributed by atoms with E-state index in [0.29, 0.717) is 61.6 Å². The van der Waals surface area contributed by atoms with Gasteiger partial charge in [0.15, 0.2) is 40.5 Å². The van der Waals surface area contributed by atoms with E-state index >= 15 is 8.78 Å². The van der Waals surface area contributed by atoms with Crippen molar-refractivity contribution >= 4 is 195 Å². The van der Waals surface area contributed by atoms with Crippen molar-refractivity contribution in [1.29, 1.82) is 15.8 Å². The molecule has 3 fully saturated rings. The van der Waals surface area contributed by atoms with E-state index in [1.54, 1.807) is 72.3 Å². The summed E-state index contributed by atoms with van der Waals surface area (Å²) in [6, 6.07) is 13.8. The van der Waals surface area contributed by atoms with Crippen LogP contribution in [-0.4, -0.2) is 167 Å². The Morgan fingerprint density at radius 3 is 0.844 bits per heavy atom. The number of amides is 3. The summed E-state index contributed by atoms with van der Waals surface area (Å²) in [5.74, 6) is -9.45. The lowest BCUT2D eigenvalue weighted by Gasteiger charge is -2.45. The summed E-state index contributed by atoms with van der Waals surface area (Å²) in [4.78, 5) is 120. The molecule has 3 saturated heterocycles. The molecule has 141 heavy (non-hydrogen) atoms. The van der Waals surface area contributed by atoms with Crippen LogP contribution < -0.4 is 31.4 Å². The zero-order valence-electron chi connectivity index (χ0n) is 78.0. The summed E-state index contributed by atoms with van der Waals surface area (Å²) in [5, 5.41) is 60.2. The third-order valence-corrected chi connectivity index (χ3v) is 28.9. The summed E-state index contributed by atoms with van der Waals surface area (Å²) in [5.41, 5.74) is 0.918. The van der Waals surface area contributed by atoms with Crippen LogP contribution in [0.5, 0.6) is 17.2 Å². The number of benzene rings is 3. The van der Waals surface area contributed by atoms with Gasteiger partial charge in [-0.25, -0.2) is 32.5 Å². The number of carbonyl (C=O) groups excluding carboxylic acids is 3. The van der Waals surface area contributed by atoms with Gasteiger partial charge in [-0.3, -0.25) is 57.4 Å². The molecule has 12 heterocycles. The lowest BCUT2D eigenvalue weighted by Crippen LogP contribution is -2.58. The standard InChI is InChI=1S/2C33H29Cl4FN6O3.C33H29Cl3F2N6O3/c2*1-7-21(45)43-16(5)12-42(13-17(43)6)30-18-10-20(34)28(22-23(35)24(36)25(37)26(38)31(22)46)41-32(18)44(33(47)19(30)11-39)29-15(4)8-9-40-27(29)14(2)3;1-7-21(45)43-16(5)12-42(13-17(43)6)30-18-10-20(34)28(22-23(35)25(37)24(36)26(38)31(22)46)41-32(18)44(33(47)19(30)11-39)29-15(4)8-9-40-27(29)14(2)3/h3*7-10,14,16-17,46H,1,12-13H2,2-6H3/t3*16-,17+. The second-order valence-corrected chi connectivity index (χ2v) is 39.4. The van der Waals surface area contributed by atoms with Crippen molar-refractivity contribution in [3.05, 3.63) is 253 Å². The number of phenolic OH excluding ortho intramolecular Hbond substituents is 3. The topological polar surface area (TPSA) is 346 Å². The van der Waals surface area contributed by atoms with Gasteiger partial charge in [0.25, 0.3) is 16.7 Å². The molecular weight excluding hydrogens is 2050 g/mol. The molecule has 0 unspecified atom stereocenters. The average molecular weight is 2140 g/mol. The van der Waals surface area contributed by atoms with E-state index < -0.39 is 82.8 Å². The average Bonchev–Trinajstić information content (AvgIpc) is 0.725. The Hall–Kier alpha value is -12.0. The zero-order valence-corrected chi connectivity index (χ0v) is 86.3. The third-order valence-electron chi connectivity index (χ3n) is 24.8. The number of aromatic hydroxyl groups is 3. The van der Waals surface area contributed by atoms with E-state index in [0.717, 1.165) is 0 Å². The van der Waals surface area contributed by atoms with Crippen LogP contribution in [0.1, 0.15) is 151 Å². The Morgan fingerprint density at radius 1 is 0.383 bits per heavy atom. The molecule has 0 radical (unpaired) electrons.